The first-order chi connectivity index (χ1) is 13.6. The number of nitrogens with one attached hydrogen (secondary N) is 2. The van der Waals surface area contributed by atoms with Gasteiger partial charge in [-0.3, -0.25) is 9.59 Å². The van der Waals surface area contributed by atoms with Crippen LogP contribution < -0.4 is 15.5 Å². The summed E-state index contributed by atoms with van der Waals surface area (Å²) < 4.78 is 5.40. The molecule has 1 unspecified atom stereocenters. The molecule has 6 nitrogen and oxygen atoms in total. The molecule has 1 saturated heterocycles. The predicted octanol–water partition coefficient (Wildman–Crippen LogP) is 3.33. The molecule has 0 radical (unpaired) electrons. The van der Waals surface area contributed by atoms with E-state index >= 15 is 0 Å². The Balaban J connectivity index is 1.34. The van der Waals surface area contributed by atoms with Crippen LogP contribution in [0.3, 0.4) is 0 Å². The lowest BCUT2D eigenvalue weighted by molar-refractivity contribution is -0.124. The molecule has 6 heteroatoms. The second-order valence-electron chi connectivity index (χ2n) is 7.34. The summed E-state index contributed by atoms with van der Waals surface area (Å²) in [5.41, 5.74) is 5.16. The van der Waals surface area contributed by atoms with Crippen molar-refractivity contribution in [2.24, 2.45) is 0 Å². The van der Waals surface area contributed by atoms with Gasteiger partial charge < -0.3 is 20.3 Å². The van der Waals surface area contributed by atoms with Crippen LogP contribution in [0, 0.1) is 0 Å². The standard InChI is InChI=1S/C22H25N3O3/c1-25-19-10-4-15(13-16(19)5-11-21(25)26)14-23-17-6-8-18(9-7-17)24-22(27)20-3-2-12-28-20/h4,6-10,13,20,23H,2-3,5,11-12,14H2,1H3,(H,24,27). The molecule has 0 aliphatic carbocycles. The first-order valence-corrected chi connectivity index (χ1v) is 9.75. The van der Waals surface area contributed by atoms with Gasteiger partial charge in [0.2, 0.25) is 5.91 Å². The Kier molecular flexibility index (Phi) is 5.30. The van der Waals surface area contributed by atoms with Crippen LogP contribution >= 0.6 is 0 Å². The summed E-state index contributed by atoms with van der Waals surface area (Å²) in [7, 11) is 1.83. The highest BCUT2D eigenvalue weighted by atomic mass is 16.5. The fraction of sp³-hybridized carbons (Fsp3) is 0.364. The van der Waals surface area contributed by atoms with Crippen LogP contribution in [0.4, 0.5) is 17.1 Å². The molecule has 1 atom stereocenters. The fourth-order valence-corrected chi connectivity index (χ4v) is 3.70. The number of ether oxygens (including phenoxy) is 1. The Labute approximate surface area is 164 Å². The molecule has 2 amide bonds. The van der Waals surface area contributed by atoms with E-state index in [-0.39, 0.29) is 17.9 Å². The highest BCUT2D eigenvalue weighted by molar-refractivity contribution is 5.96. The minimum absolute atomic E-state index is 0.0734. The maximum Gasteiger partial charge on any atom is 0.253 e. The lowest BCUT2D eigenvalue weighted by Crippen LogP contribution is -2.31. The zero-order valence-corrected chi connectivity index (χ0v) is 16.0. The molecule has 2 aliphatic heterocycles. The van der Waals surface area contributed by atoms with Crippen molar-refractivity contribution < 1.29 is 14.3 Å². The van der Waals surface area contributed by atoms with E-state index in [1.807, 2.05) is 37.4 Å². The third kappa shape index (κ3) is 4.02. The Morgan fingerprint density at radius 2 is 1.93 bits per heavy atom. The van der Waals surface area contributed by atoms with Gasteiger partial charge in [-0.2, -0.15) is 0 Å². The van der Waals surface area contributed by atoms with Gasteiger partial charge in [0.25, 0.3) is 5.91 Å². The molecule has 0 bridgehead atoms. The molecule has 4 rings (SSSR count). The van der Waals surface area contributed by atoms with Gasteiger partial charge in [0.15, 0.2) is 0 Å². The number of amides is 2. The first-order valence-electron chi connectivity index (χ1n) is 9.75. The summed E-state index contributed by atoms with van der Waals surface area (Å²) in [4.78, 5) is 25.6. The summed E-state index contributed by atoms with van der Waals surface area (Å²) in [6.45, 7) is 1.36. The normalized spacial score (nSPS) is 18.7. The molecule has 146 valence electrons. The van der Waals surface area contributed by atoms with Crippen LogP contribution in [-0.2, 0) is 27.3 Å². The van der Waals surface area contributed by atoms with Gasteiger partial charge in [-0.05, 0) is 60.7 Å². The smallest absolute Gasteiger partial charge is 0.253 e. The van der Waals surface area contributed by atoms with Crippen LogP contribution in [0.15, 0.2) is 42.5 Å². The highest BCUT2D eigenvalue weighted by Gasteiger charge is 2.23. The summed E-state index contributed by atoms with van der Waals surface area (Å²) in [5, 5.41) is 6.31. The minimum Gasteiger partial charge on any atom is -0.381 e. The van der Waals surface area contributed by atoms with Gasteiger partial charge in [-0.15, -0.1) is 0 Å². The van der Waals surface area contributed by atoms with Crippen molar-refractivity contribution in [2.45, 2.75) is 38.3 Å². The van der Waals surface area contributed by atoms with Crippen molar-refractivity contribution in [2.75, 3.05) is 29.2 Å². The van der Waals surface area contributed by atoms with Crippen molar-refractivity contribution in [3.63, 3.8) is 0 Å². The van der Waals surface area contributed by atoms with Gasteiger partial charge in [0.05, 0.1) is 0 Å². The van der Waals surface area contributed by atoms with Crippen molar-refractivity contribution in [1.29, 1.82) is 0 Å². The average Bonchev–Trinajstić information content (AvgIpc) is 3.25. The van der Waals surface area contributed by atoms with E-state index in [0.29, 0.717) is 19.6 Å². The second-order valence-corrected chi connectivity index (χ2v) is 7.34. The number of anilines is 3. The monoisotopic (exact) mass is 379 g/mol. The summed E-state index contributed by atoms with van der Waals surface area (Å²) >= 11 is 0. The molecular weight excluding hydrogens is 354 g/mol. The summed E-state index contributed by atoms with van der Waals surface area (Å²) in [6, 6.07) is 13.9. The number of nitrogens with zero attached hydrogens (tertiary/aromatic N) is 1. The van der Waals surface area contributed by atoms with Crippen molar-refractivity contribution in [3.05, 3.63) is 53.6 Å². The maximum atomic E-state index is 12.1. The first kappa shape index (κ1) is 18.5. The van der Waals surface area contributed by atoms with Crippen LogP contribution in [0.5, 0.6) is 0 Å². The van der Waals surface area contributed by atoms with Gasteiger partial charge in [-0.1, -0.05) is 12.1 Å². The van der Waals surface area contributed by atoms with Crippen molar-refractivity contribution in [3.8, 4) is 0 Å². The number of rotatable bonds is 5. The molecule has 0 saturated carbocycles. The third-order valence-electron chi connectivity index (χ3n) is 5.36. The lowest BCUT2D eigenvalue weighted by atomic mass is 9.99. The Bertz CT molecular complexity index is 873. The van der Waals surface area contributed by atoms with Crippen LogP contribution in [0.1, 0.15) is 30.4 Å². The zero-order chi connectivity index (χ0) is 19.5. The van der Waals surface area contributed by atoms with E-state index in [1.54, 1.807) is 4.90 Å². The average molecular weight is 379 g/mol. The molecular formula is C22H25N3O3. The number of fused-ring (bicyclic) bond motifs is 1. The molecule has 2 heterocycles. The lowest BCUT2D eigenvalue weighted by Gasteiger charge is -2.26. The van der Waals surface area contributed by atoms with Gasteiger partial charge in [0.1, 0.15) is 6.10 Å². The topological polar surface area (TPSA) is 70.7 Å². The van der Waals surface area contributed by atoms with Gasteiger partial charge in [-0.25, -0.2) is 0 Å². The molecule has 2 aliphatic rings. The molecule has 0 aromatic heterocycles. The van der Waals surface area contributed by atoms with Crippen LogP contribution in [-0.4, -0.2) is 31.6 Å². The number of hydrogen-bond acceptors (Lipinski definition) is 4. The van der Waals surface area contributed by atoms with E-state index in [0.717, 1.165) is 36.3 Å². The van der Waals surface area contributed by atoms with Crippen LogP contribution in [0.25, 0.3) is 0 Å². The largest absolute Gasteiger partial charge is 0.381 e. The van der Waals surface area contributed by atoms with Gasteiger partial charge >= 0.3 is 0 Å². The maximum absolute atomic E-state index is 12.1. The Hall–Kier alpha value is -2.86. The number of aryl methyl sites for hydroxylation is 1. The third-order valence-corrected chi connectivity index (χ3v) is 5.36. The van der Waals surface area contributed by atoms with Crippen molar-refractivity contribution in [1.82, 2.24) is 0 Å². The van der Waals surface area contributed by atoms with E-state index in [4.69, 9.17) is 4.74 Å². The molecule has 2 aromatic rings. The predicted molar refractivity (Wildman–Crippen MR) is 110 cm³/mol. The van der Waals surface area contributed by atoms with Gasteiger partial charge in [0, 0.05) is 43.7 Å². The number of carbonyl (C=O) groups is 2. The number of hydrogen-bond donors (Lipinski definition) is 2. The van der Waals surface area contributed by atoms with E-state index in [9.17, 15) is 9.59 Å². The fourth-order valence-electron chi connectivity index (χ4n) is 3.70. The quantitative estimate of drug-likeness (QED) is 0.836. The molecule has 1 fully saturated rings. The number of benzene rings is 2. The molecule has 0 spiro atoms. The molecule has 2 aromatic carbocycles. The SMILES string of the molecule is CN1C(=O)CCc2cc(CNc3ccc(NC(=O)C4CCCO4)cc3)ccc21. The summed E-state index contributed by atoms with van der Waals surface area (Å²) in [5.74, 6) is 0.0979. The Morgan fingerprint density at radius 1 is 1.14 bits per heavy atom. The summed E-state index contributed by atoms with van der Waals surface area (Å²) in [6.07, 6.45) is 2.77. The Morgan fingerprint density at radius 3 is 2.68 bits per heavy atom. The van der Waals surface area contributed by atoms with Crippen molar-refractivity contribution >= 4 is 28.9 Å². The van der Waals surface area contributed by atoms with Crippen LogP contribution in [0.2, 0.25) is 0 Å². The minimum atomic E-state index is -0.323. The second kappa shape index (κ2) is 8.02. The van der Waals surface area contributed by atoms with E-state index in [2.05, 4.69) is 22.8 Å². The molecule has 2 N–H and O–H groups in total. The van der Waals surface area contributed by atoms with E-state index in [1.165, 1.54) is 11.1 Å². The number of carbonyl (C=O) groups excluding carboxylic acids is 2. The van der Waals surface area contributed by atoms with E-state index < -0.39 is 0 Å². The highest BCUT2D eigenvalue weighted by Crippen LogP contribution is 2.28. The molecule has 28 heavy (non-hydrogen) atoms. The zero-order valence-electron chi connectivity index (χ0n) is 16.0.